The molecule has 0 aromatic carbocycles. The Balaban J connectivity index is 1.44. The van der Waals surface area contributed by atoms with Crippen molar-refractivity contribution in [1.29, 1.82) is 0 Å². The van der Waals surface area contributed by atoms with Gasteiger partial charge in [0.05, 0.1) is 18.0 Å². The minimum absolute atomic E-state index is 0.176. The first-order valence-electron chi connectivity index (χ1n) is 11.6. The summed E-state index contributed by atoms with van der Waals surface area (Å²) in [5.41, 5.74) is 2.87. The van der Waals surface area contributed by atoms with E-state index in [2.05, 4.69) is 47.9 Å². The van der Waals surface area contributed by atoms with Gasteiger partial charge in [-0.1, -0.05) is 0 Å². The summed E-state index contributed by atoms with van der Waals surface area (Å²) >= 11 is 0. The van der Waals surface area contributed by atoms with Gasteiger partial charge < -0.3 is 26.0 Å². The topological polar surface area (TPSA) is 111 Å². The smallest absolute Gasteiger partial charge is 0.150 e. The minimum atomic E-state index is -0.176. The molecule has 0 spiro atoms. The maximum Gasteiger partial charge on any atom is 0.150 e. The molecule has 4 heterocycles. The van der Waals surface area contributed by atoms with E-state index in [0.29, 0.717) is 17.7 Å². The molecule has 0 radical (unpaired) electrons. The molecule has 1 saturated heterocycles. The molecule has 0 atom stereocenters. The predicted molar refractivity (Wildman–Crippen MR) is 130 cm³/mol. The zero-order valence-electron chi connectivity index (χ0n) is 18.6. The Morgan fingerprint density at radius 1 is 0.939 bits per heavy atom. The standard InChI is InChI=1S/C24H30N8O/c33-20-3-1-18(2-4-20)29-19-14-21(30-22(15-19)31-23-16-26-7-8-27-23)17-5-6-28-24(13-17)32-11-9-25-10-12-32/h5-8,13-16,18,20,25,33H,1-4,9-12H2,(H2,27,29,30,31). The van der Waals surface area contributed by atoms with Crippen LogP contribution in [0.25, 0.3) is 11.3 Å². The molecule has 0 amide bonds. The molecule has 1 aliphatic carbocycles. The summed E-state index contributed by atoms with van der Waals surface area (Å²) in [5, 5.41) is 20.2. The first-order valence-corrected chi connectivity index (χ1v) is 11.6. The maximum absolute atomic E-state index is 9.85. The van der Waals surface area contributed by atoms with E-state index in [1.807, 2.05) is 18.3 Å². The fourth-order valence-corrected chi connectivity index (χ4v) is 4.42. The molecule has 33 heavy (non-hydrogen) atoms. The molecule has 1 aliphatic heterocycles. The summed E-state index contributed by atoms with van der Waals surface area (Å²) in [5.74, 6) is 2.32. The van der Waals surface area contributed by atoms with Crippen LogP contribution < -0.4 is 20.9 Å². The second kappa shape index (κ2) is 10.1. The van der Waals surface area contributed by atoms with Gasteiger partial charge in [0.25, 0.3) is 0 Å². The van der Waals surface area contributed by atoms with Gasteiger partial charge in [0.2, 0.25) is 0 Å². The van der Waals surface area contributed by atoms with Crippen molar-refractivity contribution in [2.45, 2.75) is 37.8 Å². The van der Waals surface area contributed by atoms with Crippen LogP contribution >= 0.6 is 0 Å². The lowest BCUT2D eigenvalue weighted by Crippen LogP contribution is -2.43. The lowest BCUT2D eigenvalue weighted by Gasteiger charge is -2.28. The van der Waals surface area contributed by atoms with Crippen molar-refractivity contribution in [3.05, 3.63) is 49.1 Å². The van der Waals surface area contributed by atoms with Crippen molar-refractivity contribution in [3.8, 4) is 11.3 Å². The highest BCUT2D eigenvalue weighted by atomic mass is 16.3. The lowest BCUT2D eigenvalue weighted by atomic mass is 9.93. The average molecular weight is 447 g/mol. The molecule has 9 nitrogen and oxygen atoms in total. The minimum Gasteiger partial charge on any atom is -0.393 e. The monoisotopic (exact) mass is 446 g/mol. The normalized spacial score (nSPS) is 20.9. The summed E-state index contributed by atoms with van der Waals surface area (Å²) in [7, 11) is 0. The molecular formula is C24H30N8O. The number of nitrogens with one attached hydrogen (secondary N) is 3. The van der Waals surface area contributed by atoms with Gasteiger partial charge in [0.1, 0.15) is 17.5 Å². The number of aliphatic hydroxyl groups is 1. The maximum atomic E-state index is 9.85. The van der Waals surface area contributed by atoms with E-state index in [9.17, 15) is 5.11 Å². The molecule has 0 bridgehead atoms. The molecule has 5 rings (SSSR count). The van der Waals surface area contributed by atoms with Crippen molar-refractivity contribution in [2.75, 3.05) is 41.7 Å². The molecule has 172 valence electrons. The number of aliphatic hydroxyl groups excluding tert-OH is 1. The van der Waals surface area contributed by atoms with Crippen LogP contribution in [0.4, 0.5) is 23.1 Å². The van der Waals surface area contributed by atoms with Gasteiger partial charge in [-0.3, -0.25) is 4.98 Å². The lowest BCUT2D eigenvalue weighted by molar-refractivity contribution is 0.126. The van der Waals surface area contributed by atoms with Gasteiger partial charge in [-0.2, -0.15) is 0 Å². The van der Waals surface area contributed by atoms with Crippen molar-refractivity contribution in [3.63, 3.8) is 0 Å². The number of piperazine rings is 1. The number of rotatable bonds is 6. The van der Waals surface area contributed by atoms with E-state index in [0.717, 1.165) is 74.6 Å². The molecular weight excluding hydrogens is 416 g/mol. The van der Waals surface area contributed by atoms with Gasteiger partial charge in [-0.05, 0) is 43.9 Å². The van der Waals surface area contributed by atoms with Crippen molar-refractivity contribution >= 4 is 23.1 Å². The largest absolute Gasteiger partial charge is 0.393 e. The van der Waals surface area contributed by atoms with Crippen LogP contribution in [0.3, 0.4) is 0 Å². The molecule has 3 aromatic rings. The Morgan fingerprint density at radius 3 is 2.58 bits per heavy atom. The van der Waals surface area contributed by atoms with Gasteiger partial charge in [0.15, 0.2) is 0 Å². The molecule has 1 saturated carbocycles. The van der Waals surface area contributed by atoms with Gasteiger partial charge >= 0.3 is 0 Å². The third-order valence-corrected chi connectivity index (χ3v) is 6.19. The van der Waals surface area contributed by atoms with E-state index in [1.165, 1.54) is 0 Å². The van der Waals surface area contributed by atoms with Crippen molar-refractivity contribution < 1.29 is 5.11 Å². The third kappa shape index (κ3) is 5.55. The fourth-order valence-electron chi connectivity index (χ4n) is 4.42. The first-order chi connectivity index (χ1) is 16.2. The molecule has 3 aromatic heterocycles. The summed E-state index contributed by atoms with van der Waals surface area (Å²) in [6.07, 6.45) is 10.2. The quantitative estimate of drug-likeness (QED) is 0.454. The number of hydrogen-bond acceptors (Lipinski definition) is 9. The van der Waals surface area contributed by atoms with Crippen molar-refractivity contribution in [1.82, 2.24) is 25.3 Å². The highest BCUT2D eigenvalue weighted by Crippen LogP contribution is 2.29. The van der Waals surface area contributed by atoms with Crippen molar-refractivity contribution in [2.24, 2.45) is 0 Å². The number of hydrogen-bond donors (Lipinski definition) is 4. The van der Waals surface area contributed by atoms with Crippen LogP contribution in [0.5, 0.6) is 0 Å². The Morgan fingerprint density at radius 2 is 1.79 bits per heavy atom. The van der Waals surface area contributed by atoms with Crippen LogP contribution in [0.2, 0.25) is 0 Å². The second-order valence-corrected chi connectivity index (χ2v) is 8.63. The van der Waals surface area contributed by atoms with Crippen LogP contribution in [0.1, 0.15) is 25.7 Å². The fraction of sp³-hybridized carbons (Fsp3) is 0.417. The van der Waals surface area contributed by atoms with E-state index in [1.54, 1.807) is 18.6 Å². The average Bonchev–Trinajstić information content (AvgIpc) is 2.87. The van der Waals surface area contributed by atoms with Crippen LogP contribution in [0.15, 0.2) is 49.1 Å². The molecule has 4 N–H and O–H groups in total. The summed E-state index contributed by atoms with van der Waals surface area (Å²) < 4.78 is 0. The highest BCUT2D eigenvalue weighted by molar-refractivity contribution is 5.71. The first kappa shape index (κ1) is 21.5. The zero-order valence-corrected chi connectivity index (χ0v) is 18.6. The number of anilines is 4. The molecule has 0 unspecified atom stereocenters. The van der Waals surface area contributed by atoms with Crippen LogP contribution in [-0.2, 0) is 0 Å². The zero-order chi connectivity index (χ0) is 22.5. The van der Waals surface area contributed by atoms with Gasteiger partial charge in [0, 0.05) is 68.1 Å². The third-order valence-electron chi connectivity index (χ3n) is 6.19. The van der Waals surface area contributed by atoms with Crippen LogP contribution in [0, 0.1) is 0 Å². The van der Waals surface area contributed by atoms with E-state index in [-0.39, 0.29) is 6.10 Å². The second-order valence-electron chi connectivity index (χ2n) is 8.63. The van der Waals surface area contributed by atoms with Crippen LogP contribution in [-0.4, -0.2) is 63.4 Å². The van der Waals surface area contributed by atoms with E-state index >= 15 is 0 Å². The highest BCUT2D eigenvalue weighted by Gasteiger charge is 2.20. The SMILES string of the molecule is OC1CCC(Nc2cc(Nc3cnccn3)nc(-c3ccnc(N4CCNCC4)c3)c2)CC1. The Labute approximate surface area is 193 Å². The molecule has 9 heteroatoms. The molecule has 2 fully saturated rings. The Hall–Kier alpha value is -3.30. The Kier molecular flexibility index (Phi) is 6.59. The summed E-state index contributed by atoms with van der Waals surface area (Å²) in [4.78, 5) is 20.2. The summed E-state index contributed by atoms with van der Waals surface area (Å²) in [6, 6.07) is 8.54. The van der Waals surface area contributed by atoms with Gasteiger partial charge in [-0.25, -0.2) is 15.0 Å². The number of aromatic nitrogens is 4. The number of pyridine rings is 2. The predicted octanol–water partition coefficient (Wildman–Crippen LogP) is 2.80. The molecule has 2 aliphatic rings. The summed E-state index contributed by atoms with van der Waals surface area (Å²) in [6.45, 7) is 3.81. The van der Waals surface area contributed by atoms with E-state index in [4.69, 9.17) is 4.98 Å². The van der Waals surface area contributed by atoms with E-state index < -0.39 is 0 Å². The Bertz CT molecular complexity index is 1050. The number of nitrogens with zero attached hydrogens (tertiary/aromatic N) is 5. The van der Waals surface area contributed by atoms with Gasteiger partial charge in [-0.15, -0.1) is 0 Å².